The van der Waals surface area contributed by atoms with Crippen LogP contribution in [0.4, 0.5) is 4.79 Å². The van der Waals surface area contributed by atoms with Gasteiger partial charge in [-0.05, 0) is 13.3 Å². The Bertz CT molecular complexity index is 1050. The van der Waals surface area contributed by atoms with E-state index in [2.05, 4.69) is 18.1 Å². The van der Waals surface area contributed by atoms with Gasteiger partial charge in [0.2, 0.25) is 5.91 Å². The van der Waals surface area contributed by atoms with Crippen LogP contribution in [0.1, 0.15) is 20.3 Å². The Hall–Kier alpha value is -3.05. The molecule has 2 fully saturated rings. The third-order valence-electron chi connectivity index (χ3n) is 6.84. The van der Waals surface area contributed by atoms with Gasteiger partial charge >= 0.3 is 12.1 Å². The summed E-state index contributed by atoms with van der Waals surface area (Å²) in [4.78, 5) is 46.7. The lowest BCUT2D eigenvalue weighted by molar-refractivity contribution is -0.164. The number of carbonyl (C=O) groups is 3. The zero-order valence-electron chi connectivity index (χ0n) is 20.5. The van der Waals surface area contributed by atoms with E-state index in [1.807, 2.05) is 17.7 Å². The lowest BCUT2D eigenvalue weighted by Crippen LogP contribution is -2.63. The summed E-state index contributed by atoms with van der Waals surface area (Å²) in [6.45, 7) is 11.9. The van der Waals surface area contributed by atoms with E-state index in [-0.39, 0.29) is 48.1 Å². The van der Waals surface area contributed by atoms with Crippen molar-refractivity contribution in [3.63, 3.8) is 0 Å². The number of aliphatic hydroxyl groups is 1. The van der Waals surface area contributed by atoms with Crippen molar-refractivity contribution in [1.29, 1.82) is 0 Å². The molecule has 0 aliphatic carbocycles. The highest BCUT2D eigenvalue weighted by Crippen LogP contribution is 2.52. The Morgan fingerprint density at radius 3 is 2.67 bits per heavy atom. The van der Waals surface area contributed by atoms with Crippen LogP contribution in [0, 0.1) is 11.8 Å². The van der Waals surface area contributed by atoms with Gasteiger partial charge in [0.05, 0.1) is 30.4 Å². The molecule has 1 N–H and O–H groups in total. The van der Waals surface area contributed by atoms with Gasteiger partial charge in [0.25, 0.3) is 0 Å². The van der Waals surface area contributed by atoms with E-state index in [9.17, 15) is 19.5 Å². The van der Waals surface area contributed by atoms with Crippen LogP contribution < -0.4 is 0 Å². The van der Waals surface area contributed by atoms with Crippen molar-refractivity contribution in [3.8, 4) is 0 Å². The third-order valence-corrected chi connectivity index (χ3v) is 8.34. The summed E-state index contributed by atoms with van der Waals surface area (Å²) >= 11 is 1.50. The summed E-state index contributed by atoms with van der Waals surface area (Å²) in [5.74, 6) is -1.59. The molecule has 0 aromatic carbocycles. The second kappa shape index (κ2) is 10.9. The largest absolute Gasteiger partial charge is 0.457 e. The fraction of sp³-hybridized carbons (Fsp3) is 0.520. The first-order chi connectivity index (χ1) is 17.3. The lowest BCUT2D eigenvalue weighted by Gasteiger charge is -2.46. The van der Waals surface area contributed by atoms with E-state index in [1.54, 1.807) is 24.3 Å². The molecule has 4 rings (SSSR count). The molecule has 0 spiro atoms. The molecule has 0 unspecified atom stereocenters. The molecule has 36 heavy (non-hydrogen) atoms. The Morgan fingerprint density at radius 2 is 2.03 bits per heavy atom. The number of thioether (sulfide) groups is 1. The molecule has 2 amide bonds. The molecule has 194 valence electrons. The molecule has 6 atom stereocenters. The number of aliphatic hydroxyl groups excluding tert-OH is 1. The van der Waals surface area contributed by atoms with Crippen molar-refractivity contribution in [1.82, 2.24) is 19.4 Å². The van der Waals surface area contributed by atoms with Gasteiger partial charge in [0.15, 0.2) is 0 Å². The highest BCUT2D eigenvalue weighted by Gasteiger charge is 2.60. The van der Waals surface area contributed by atoms with Crippen molar-refractivity contribution in [2.45, 2.75) is 50.3 Å². The minimum Gasteiger partial charge on any atom is -0.457 e. The monoisotopic (exact) mass is 516 g/mol. The molecule has 3 aliphatic rings. The maximum Gasteiger partial charge on any atom is 0.410 e. The standard InChI is InChI=1S/C25H32N4O6S/c1-5-9-34-24(32)21-22(15(3)20-19(16(4)30)23(31)29(20)21)36-18-11-17(12-27-8-7-26-14-27)28(13-18)25(33)35-10-6-2/h5-8,14-20,30H,1-2,9-13H2,3-4H3/t15-,16-,17+,18+,19-,20-/m1/s1. The predicted molar refractivity (Wildman–Crippen MR) is 133 cm³/mol. The summed E-state index contributed by atoms with van der Waals surface area (Å²) in [6, 6.07) is -0.436. The minimum absolute atomic E-state index is 0.0283. The van der Waals surface area contributed by atoms with Crippen molar-refractivity contribution < 1.29 is 29.0 Å². The fourth-order valence-corrected chi connectivity index (χ4v) is 6.82. The molecule has 11 heteroatoms. The summed E-state index contributed by atoms with van der Waals surface area (Å²) in [7, 11) is 0. The maximum atomic E-state index is 13.0. The van der Waals surface area contributed by atoms with Gasteiger partial charge in [-0.3, -0.25) is 4.79 Å². The Kier molecular flexibility index (Phi) is 7.89. The number of hydrogen-bond donors (Lipinski definition) is 1. The molecule has 0 radical (unpaired) electrons. The normalized spacial score (nSPS) is 28.0. The summed E-state index contributed by atoms with van der Waals surface area (Å²) in [6.07, 6.45) is 7.65. The molecule has 1 aromatic rings. The van der Waals surface area contributed by atoms with Gasteiger partial charge in [-0.15, -0.1) is 11.8 Å². The molecule has 1 aromatic heterocycles. The summed E-state index contributed by atoms with van der Waals surface area (Å²) in [5.41, 5.74) is 0.236. The molecule has 0 bridgehead atoms. The molecule has 0 saturated carbocycles. The van der Waals surface area contributed by atoms with Crippen LogP contribution in [0.15, 0.2) is 54.6 Å². The minimum atomic E-state index is -0.822. The molecular weight excluding hydrogens is 484 g/mol. The fourth-order valence-electron chi connectivity index (χ4n) is 5.26. The van der Waals surface area contributed by atoms with Crippen molar-refractivity contribution in [2.24, 2.45) is 11.8 Å². The molecular formula is C25H32N4O6S. The number of imidazole rings is 1. The first-order valence-electron chi connectivity index (χ1n) is 12.0. The topological polar surface area (TPSA) is 114 Å². The number of carbonyl (C=O) groups excluding carboxylic acids is 3. The molecule has 3 aliphatic heterocycles. The van der Waals surface area contributed by atoms with E-state index in [4.69, 9.17) is 9.47 Å². The van der Waals surface area contributed by atoms with E-state index in [0.717, 1.165) is 4.91 Å². The van der Waals surface area contributed by atoms with Gasteiger partial charge in [0.1, 0.15) is 18.9 Å². The zero-order valence-corrected chi connectivity index (χ0v) is 21.3. The zero-order chi connectivity index (χ0) is 26.0. The SMILES string of the molecule is C=CCOC(=O)C1=C(S[C@H]2C[C@@H](Cn3ccnc3)N(C(=O)OCC=C)C2)[C@H](C)[C@@H]2[C@@H]([C@@H](C)O)C(=O)N12. The molecule has 2 saturated heterocycles. The van der Waals surface area contributed by atoms with Crippen molar-refractivity contribution >= 4 is 29.7 Å². The Morgan fingerprint density at radius 1 is 1.31 bits per heavy atom. The van der Waals surface area contributed by atoms with Crippen molar-refractivity contribution in [3.05, 3.63) is 54.6 Å². The maximum absolute atomic E-state index is 13.0. The van der Waals surface area contributed by atoms with Crippen LogP contribution in [0.25, 0.3) is 0 Å². The second-order valence-electron chi connectivity index (χ2n) is 9.26. The van der Waals surface area contributed by atoms with Gasteiger partial charge in [-0.25, -0.2) is 14.6 Å². The highest BCUT2D eigenvalue weighted by atomic mass is 32.2. The van der Waals surface area contributed by atoms with E-state index in [0.29, 0.717) is 19.5 Å². The van der Waals surface area contributed by atoms with Gasteiger partial charge in [-0.2, -0.15) is 0 Å². The molecule has 10 nitrogen and oxygen atoms in total. The Balaban J connectivity index is 1.58. The van der Waals surface area contributed by atoms with E-state index >= 15 is 0 Å². The summed E-state index contributed by atoms with van der Waals surface area (Å²) < 4.78 is 12.6. The van der Waals surface area contributed by atoms with E-state index < -0.39 is 24.1 Å². The third kappa shape index (κ3) is 4.81. The van der Waals surface area contributed by atoms with Crippen LogP contribution in [0.2, 0.25) is 0 Å². The number of ether oxygens (including phenoxy) is 2. The lowest BCUT2D eigenvalue weighted by atomic mass is 9.79. The number of likely N-dealkylation sites (tertiary alicyclic amines) is 1. The average molecular weight is 517 g/mol. The number of esters is 1. The van der Waals surface area contributed by atoms with Crippen LogP contribution in [-0.4, -0.2) is 85.6 Å². The summed E-state index contributed by atoms with van der Waals surface area (Å²) in [5, 5.41) is 10.2. The number of β-lactam (4-membered cyclic amide) rings is 1. The number of aromatic nitrogens is 2. The van der Waals surface area contributed by atoms with Gasteiger partial charge in [-0.1, -0.05) is 32.2 Å². The smallest absolute Gasteiger partial charge is 0.410 e. The van der Waals surface area contributed by atoms with Crippen molar-refractivity contribution in [2.75, 3.05) is 19.8 Å². The predicted octanol–water partition coefficient (Wildman–Crippen LogP) is 2.18. The second-order valence-corrected chi connectivity index (χ2v) is 10.6. The van der Waals surface area contributed by atoms with Gasteiger partial charge in [0, 0.05) is 41.6 Å². The van der Waals surface area contributed by atoms with E-state index in [1.165, 1.54) is 28.8 Å². The Labute approximate surface area is 214 Å². The van der Waals surface area contributed by atoms with Crippen LogP contribution >= 0.6 is 11.8 Å². The average Bonchev–Trinajstić information content (AvgIpc) is 3.55. The van der Waals surface area contributed by atoms with Crippen LogP contribution in [0.3, 0.4) is 0 Å². The first kappa shape index (κ1) is 26.0. The number of hydrogen-bond acceptors (Lipinski definition) is 8. The number of nitrogens with zero attached hydrogens (tertiary/aromatic N) is 4. The molecule has 4 heterocycles. The van der Waals surface area contributed by atoms with Crippen LogP contribution in [-0.2, 0) is 25.6 Å². The number of rotatable bonds is 10. The van der Waals surface area contributed by atoms with Crippen LogP contribution in [0.5, 0.6) is 0 Å². The highest BCUT2D eigenvalue weighted by molar-refractivity contribution is 8.03. The number of amides is 2. The first-order valence-corrected chi connectivity index (χ1v) is 12.9. The van der Waals surface area contributed by atoms with Gasteiger partial charge < -0.3 is 28.9 Å². The number of fused-ring (bicyclic) bond motifs is 1. The quantitative estimate of drug-likeness (QED) is 0.286.